The van der Waals surface area contributed by atoms with E-state index in [0.717, 1.165) is 46.5 Å². The van der Waals surface area contributed by atoms with E-state index in [1.165, 1.54) is 0 Å². The smallest absolute Gasteiger partial charge is 0.220 e. The molecular formula is C20H22F2N4O. The van der Waals surface area contributed by atoms with Crippen LogP contribution >= 0.6 is 0 Å². The van der Waals surface area contributed by atoms with Gasteiger partial charge in [-0.2, -0.15) is 5.10 Å². The molecule has 2 heterocycles. The van der Waals surface area contributed by atoms with Crippen molar-refractivity contribution in [3.63, 3.8) is 0 Å². The minimum Gasteiger partial charge on any atom is -0.356 e. The molecule has 1 aromatic carbocycles. The van der Waals surface area contributed by atoms with Crippen LogP contribution in [0.2, 0.25) is 0 Å². The minimum absolute atomic E-state index is 0.137. The first-order chi connectivity index (χ1) is 12.8. The molecule has 0 unspecified atom stereocenters. The molecule has 0 saturated carbocycles. The summed E-state index contributed by atoms with van der Waals surface area (Å²) in [5.41, 5.74) is 4.80. The van der Waals surface area contributed by atoms with Crippen LogP contribution in [0.15, 0.2) is 24.3 Å². The van der Waals surface area contributed by atoms with Crippen LogP contribution in [0.5, 0.6) is 0 Å². The van der Waals surface area contributed by atoms with Gasteiger partial charge in [0, 0.05) is 30.4 Å². The van der Waals surface area contributed by atoms with Crippen LogP contribution in [0.3, 0.4) is 0 Å². The number of aryl methyl sites for hydroxylation is 3. The summed E-state index contributed by atoms with van der Waals surface area (Å²) >= 11 is 0. The molecule has 0 aliphatic rings. The predicted molar refractivity (Wildman–Crippen MR) is 98.6 cm³/mol. The van der Waals surface area contributed by atoms with E-state index in [2.05, 4.69) is 15.4 Å². The van der Waals surface area contributed by atoms with Crippen molar-refractivity contribution >= 4 is 11.6 Å². The molecule has 0 saturated heterocycles. The number of carbonyl (C=O) groups is 1. The molecule has 27 heavy (non-hydrogen) atoms. The normalized spacial score (nSPS) is 11.1. The summed E-state index contributed by atoms with van der Waals surface area (Å²) in [5.74, 6) is -1.09. The summed E-state index contributed by atoms with van der Waals surface area (Å²) < 4.78 is 28.5. The van der Waals surface area contributed by atoms with Crippen molar-refractivity contribution in [3.8, 4) is 0 Å². The van der Waals surface area contributed by atoms with Crippen LogP contribution < -0.4 is 5.32 Å². The van der Waals surface area contributed by atoms with Gasteiger partial charge in [0.1, 0.15) is 11.6 Å². The summed E-state index contributed by atoms with van der Waals surface area (Å²) in [6.07, 6.45) is 1.08. The van der Waals surface area contributed by atoms with Crippen molar-refractivity contribution in [1.82, 2.24) is 19.9 Å². The Morgan fingerprint density at radius 2 is 1.93 bits per heavy atom. The van der Waals surface area contributed by atoms with Crippen molar-refractivity contribution in [2.45, 2.75) is 40.0 Å². The van der Waals surface area contributed by atoms with E-state index < -0.39 is 11.6 Å². The van der Waals surface area contributed by atoms with Gasteiger partial charge in [0.25, 0.3) is 0 Å². The summed E-state index contributed by atoms with van der Waals surface area (Å²) in [4.78, 5) is 16.7. The number of benzene rings is 1. The fourth-order valence-electron chi connectivity index (χ4n) is 3.20. The Morgan fingerprint density at radius 1 is 1.15 bits per heavy atom. The number of halogens is 2. The fourth-order valence-corrected chi connectivity index (χ4v) is 3.20. The van der Waals surface area contributed by atoms with Crippen LogP contribution in [-0.4, -0.2) is 27.0 Å². The zero-order chi connectivity index (χ0) is 19.6. The minimum atomic E-state index is -0.486. The van der Waals surface area contributed by atoms with Crippen LogP contribution in [-0.2, 0) is 17.6 Å². The number of carbonyl (C=O) groups excluding carboxylic acids is 1. The predicted octanol–water partition coefficient (Wildman–Crippen LogP) is 3.22. The summed E-state index contributed by atoms with van der Waals surface area (Å²) in [5, 5.41) is 7.18. The second-order valence-electron chi connectivity index (χ2n) is 6.65. The molecule has 5 nitrogen and oxygen atoms in total. The van der Waals surface area contributed by atoms with Crippen molar-refractivity contribution in [2.75, 3.05) is 6.54 Å². The Morgan fingerprint density at radius 3 is 2.70 bits per heavy atom. The highest BCUT2D eigenvalue weighted by Crippen LogP contribution is 2.17. The van der Waals surface area contributed by atoms with E-state index >= 15 is 0 Å². The highest BCUT2D eigenvalue weighted by molar-refractivity contribution is 5.76. The van der Waals surface area contributed by atoms with Crippen molar-refractivity contribution in [1.29, 1.82) is 0 Å². The van der Waals surface area contributed by atoms with Crippen LogP contribution in [0.4, 0.5) is 8.78 Å². The number of rotatable bonds is 6. The fraction of sp³-hybridized carbons (Fsp3) is 0.350. The number of hydrogen-bond acceptors (Lipinski definition) is 3. The second kappa shape index (κ2) is 7.82. The Balaban J connectivity index is 1.58. The van der Waals surface area contributed by atoms with Gasteiger partial charge in [-0.3, -0.25) is 4.79 Å². The number of nitrogens with zero attached hydrogens (tertiary/aromatic N) is 3. The standard InChI is InChI=1S/C20H22F2N4O/c1-12-10-19-24-13(2)17(14(3)26(19)25-12)5-7-20(27)23-9-8-15-11-16(21)4-6-18(15)22/h4,6,10-11H,5,7-9H2,1-3H3,(H,23,27). The maximum Gasteiger partial charge on any atom is 0.220 e. The van der Waals surface area contributed by atoms with Gasteiger partial charge in [-0.25, -0.2) is 18.3 Å². The molecule has 0 spiro atoms. The molecule has 2 aromatic heterocycles. The van der Waals surface area contributed by atoms with Crippen LogP contribution in [0.25, 0.3) is 5.65 Å². The largest absolute Gasteiger partial charge is 0.356 e. The van der Waals surface area contributed by atoms with Gasteiger partial charge in [0.2, 0.25) is 5.91 Å². The third kappa shape index (κ3) is 4.30. The lowest BCUT2D eigenvalue weighted by Crippen LogP contribution is -2.26. The van der Waals surface area contributed by atoms with Crippen molar-refractivity contribution in [2.24, 2.45) is 0 Å². The Labute approximate surface area is 156 Å². The Kier molecular flexibility index (Phi) is 5.48. The highest BCUT2D eigenvalue weighted by Gasteiger charge is 2.13. The number of fused-ring (bicyclic) bond motifs is 1. The van der Waals surface area contributed by atoms with E-state index in [1.54, 1.807) is 4.52 Å². The zero-order valence-electron chi connectivity index (χ0n) is 15.6. The van der Waals surface area contributed by atoms with E-state index in [1.807, 2.05) is 26.8 Å². The van der Waals surface area contributed by atoms with Crippen LogP contribution in [0.1, 0.15) is 34.6 Å². The summed E-state index contributed by atoms with van der Waals surface area (Å²) in [6, 6.07) is 5.25. The average molecular weight is 372 g/mol. The molecule has 0 bridgehead atoms. The number of amides is 1. The van der Waals surface area contributed by atoms with Crippen molar-refractivity contribution < 1.29 is 13.6 Å². The molecule has 7 heteroatoms. The SMILES string of the molecule is Cc1cc2nc(C)c(CCC(=O)NCCc3cc(F)ccc3F)c(C)n2n1. The van der Waals surface area contributed by atoms with Gasteiger partial charge in [0.05, 0.1) is 5.69 Å². The molecule has 0 aliphatic heterocycles. The quantitative estimate of drug-likeness (QED) is 0.723. The van der Waals surface area contributed by atoms with Gasteiger partial charge in [0.15, 0.2) is 5.65 Å². The first-order valence-corrected chi connectivity index (χ1v) is 8.88. The molecule has 0 radical (unpaired) electrons. The van der Waals surface area contributed by atoms with Gasteiger partial charge >= 0.3 is 0 Å². The van der Waals surface area contributed by atoms with E-state index in [9.17, 15) is 13.6 Å². The summed E-state index contributed by atoms with van der Waals surface area (Å²) in [7, 11) is 0. The number of aromatic nitrogens is 3. The number of nitrogens with one attached hydrogen (secondary N) is 1. The molecular weight excluding hydrogens is 350 g/mol. The average Bonchev–Trinajstić information content (AvgIpc) is 2.98. The van der Waals surface area contributed by atoms with Gasteiger partial charge < -0.3 is 5.32 Å². The zero-order valence-corrected chi connectivity index (χ0v) is 15.6. The Bertz CT molecular complexity index is 997. The van der Waals surface area contributed by atoms with Gasteiger partial charge in [-0.05, 0) is 62.9 Å². The van der Waals surface area contributed by atoms with Crippen molar-refractivity contribution in [3.05, 3.63) is 64.1 Å². The molecule has 0 aliphatic carbocycles. The molecule has 142 valence electrons. The van der Waals surface area contributed by atoms with Crippen LogP contribution in [0, 0.1) is 32.4 Å². The molecule has 3 rings (SSSR count). The maximum atomic E-state index is 13.6. The molecule has 0 atom stereocenters. The van der Waals surface area contributed by atoms with Gasteiger partial charge in [-0.1, -0.05) is 0 Å². The lowest BCUT2D eigenvalue weighted by atomic mass is 10.1. The first kappa shape index (κ1) is 18.9. The molecule has 1 N–H and O–H groups in total. The number of hydrogen-bond donors (Lipinski definition) is 1. The van der Waals surface area contributed by atoms with E-state index in [4.69, 9.17) is 0 Å². The van der Waals surface area contributed by atoms with E-state index in [-0.39, 0.29) is 24.4 Å². The monoisotopic (exact) mass is 372 g/mol. The molecule has 0 fully saturated rings. The highest BCUT2D eigenvalue weighted by atomic mass is 19.1. The summed E-state index contributed by atoms with van der Waals surface area (Å²) in [6.45, 7) is 6.06. The third-order valence-corrected chi connectivity index (χ3v) is 4.61. The second-order valence-corrected chi connectivity index (χ2v) is 6.65. The van der Waals surface area contributed by atoms with E-state index in [0.29, 0.717) is 12.8 Å². The lowest BCUT2D eigenvalue weighted by molar-refractivity contribution is -0.121. The molecule has 1 amide bonds. The topological polar surface area (TPSA) is 59.3 Å². The Hall–Kier alpha value is -2.83. The first-order valence-electron chi connectivity index (χ1n) is 8.88. The van der Waals surface area contributed by atoms with Gasteiger partial charge in [-0.15, -0.1) is 0 Å². The third-order valence-electron chi connectivity index (χ3n) is 4.61. The lowest BCUT2D eigenvalue weighted by Gasteiger charge is -2.11. The molecule has 3 aromatic rings. The maximum absolute atomic E-state index is 13.6.